The Morgan fingerprint density at radius 2 is 1.52 bits per heavy atom. The molecule has 2 rings (SSSR count). The van der Waals surface area contributed by atoms with Crippen LogP contribution in [0.25, 0.3) is 0 Å². The van der Waals surface area contributed by atoms with Crippen LogP contribution in [0.2, 0.25) is 0 Å². The second-order valence-electron chi connectivity index (χ2n) is 5.17. The predicted molar refractivity (Wildman–Crippen MR) is 86.2 cm³/mol. The largest absolute Gasteiger partial charge is 0.331 e. The fourth-order valence-corrected chi connectivity index (χ4v) is 3.23. The number of carbonyl (C=O) groups excluding carboxylic acids is 1. The summed E-state index contributed by atoms with van der Waals surface area (Å²) in [6, 6.07) is 10.8. The number of hydrogen-bond acceptors (Lipinski definition) is 3. The van der Waals surface area contributed by atoms with Crippen LogP contribution in [0.1, 0.15) is 32.6 Å². The predicted octanol–water partition coefficient (Wildman–Crippen LogP) is 3.59. The van der Waals surface area contributed by atoms with E-state index < -0.39 is 8.03 Å². The third-order valence-electron chi connectivity index (χ3n) is 3.47. The van der Waals surface area contributed by atoms with Gasteiger partial charge in [-0.3, -0.25) is 9.36 Å². The number of hydrogen-bond donors (Lipinski definition) is 0. The minimum absolute atomic E-state index is 0.00589. The van der Waals surface area contributed by atoms with Gasteiger partial charge in [-0.25, -0.2) is 0 Å². The number of ketones is 1. The summed E-state index contributed by atoms with van der Waals surface area (Å²) in [6.45, 7) is 5.92. The van der Waals surface area contributed by atoms with Crippen molar-refractivity contribution in [1.82, 2.24) is 0 Å². The van der Waals surface area contributed by atoms with Gasteiger partial charge in [-0.05, 0) is 44.0 Å². The lowest BCUT2D eigenvalue weighted by Crippen LogP contribution is -2.08. The molecule has 0 aliphatic rings. The molecule has 1 unspecified atom stereocenters. The second kappa shape index (κ2) is 6.38. The average molecular weight is 302 g/mol. The molecule has 1 atom stereocenters. The molecule has 0 bridgehead atoms. The van der Waals surface area contributed by atoms with Crippen LogP contribution in [0.3, 0.4) is 0 Å². The van der Waals surface area contributed by atoms with Crippen LogP contribution >= 0.6 is 8.03 Å². The van der Waals surface area contributed by atoms with Gasteiger partial charge in [0.1, 0.15) is 0 Å². The molecule has 0 radical (unpaired) electrons. The first-order chi connectivity index (χ1) is 9.93. The number of aryl methyl sites for hydroxylation is 3. The minimum atomic E-state index is -2.20. The summed E-state index contributed by atoms with van der Waals surface area (Å²) in [7, 11) is -0.779. The second-order valence-corrected chi connectivity index (χ2v) is 6.73. The van der Waals surface area contributed by atoms with E-state index in [1.54, 1.807) is 24.3 Å². The van der Waals surface area contributed by atoms with Crippen LogP contribution in [0.5, 0.6) is 0 Å². The van der Waals surface area contributed by atoms with E-state index in [1.165, 1.54) is 7.11 Å². The first kappa shape index (κ1) is 15.7. The lowest BCUT2D eigenvalue weighted by atomic mass is 9.93. The molecule has 0 spiro atoms. The van der Waals surface area contributed by atoms with Crippen LogP contribution < -0.4 is 5.30 Å². The van der Waals surface area contributed by atoms with Crippen LogP contribution in [0, 0.1) is 20.8 Å². The molecule has 0 saturated heterocycles. The van der Waals surface area contributed by atoms with Gasteiger partial charge in [-0.15, -0.1) is 0 Å². The van der Waals surface area contributed by atoms with Crippen molar-refractivity contribution in [3.63, 3.8) is 0 Å². The van der Waals surface area contributed by atoms with Gasteiger partial charge in [0.2, 0.25) is 8.03 Å². The van der Waals surface area contributed by atoms with E-state index in [-0.39, 0.29) is 5.78 Å². The Kier molecular flexibility index (Phi) is 4.76. The standard InChI is InChI=1S/C17H19O3P/c1-11-9-12(2)16(13(3)10-11)17(18)14-5-7-15(8-6-14)21(19)20-4/h5-10,21H,1-4H3. The summed E-state index contributed by atoms with van der Waals surface area (Å²) in [5.41, 5.74) is 4.45. The fraction of sp³-hybridized carbons (Fsp3) is 0.235. The average Bonchev–Trinajstić information content (AvgIpc) is 2.45. The third-order valence-corrected chi connectivity index (χ3v) is 4.65. The molecule has 0 amide bonds. The molecule has 2 aromatic carbocycles. The Labute approximate surface area is 125 Å². The van der Waals surface area contributed by atoms with Crippen molar-refractivity contribution in [2.24, 2.45) is 0 Å². The molecule has 21 heavy (non-hydrogen) atoms. The first-order valence-corrected chi connectivity index (χ1v) is 8.06. The molecule has 0 aromatic heterocycles. The van der Waals surface area contributed by atoms with Crippen LogP contribution in [0.15, 0.2) is 36.4 Å². The molecular formula is C17H19O3P. The van der Waals surface area contributed by atoms with E-state index in [1.807, 2.05) is 32.9 Å². The molecule has 0 aliphatic heterocycles. The summed E-state index contributed by atoms with van der Waals surface area (Å²) in [5, 5.41) is 0.622. The molecule has 0 aliphatic carbocycles. The number of rotatable bonds is 4. The molecule has 0 N–H and O–H groups in total. The molecule has 2 aromatic rings. The van der Waals surface area contributed by atoms with Gasteiger partial charge in [0, 0.05) is 23.5 Å². The zero-order valence-electron chi connectivity index (χ0n) is 12.7. The van der Waals surface area contributed by atoms with E-state index in [9.17, 15) is 9.36 Å². The molecular weight excluding hydrogens is 283 g/mol. The highest BCUT2D eigenvalue weighted by atomic mass is 31.1. The van der Waals surface area contributed by atoms with Crippen molar-refractivity contribution in [3.8, 4) is 0 Å². The monoisotopic (exact) mass is 302 g/mol. The van der Waals surface area contributed by atoms with E-state index >= 15 is 0 Å². The topological polar surface area (TPSA) is 43.4 Å². The highest BCUT2D eigenvalue weighted by Gasteiger charge is 2.15. The Morgan fingerprint density at radius 1 is 1.00 bits per heavy atom. The van der Waals surface area contributed by atoms with Crippen molar-refractivity contribution in [2.45, 2.75) is 20.8 Å². The van der Waals surface area contributed by atoms with Crippen molar-refractivity contribution in [1.29, 1.82) is 0 Å². The quantitative estimate of drug-likeness (QED) is 0.640. The van der Waals surface area contributed by atoms with Crippen molar-refractivity contribution < 1.29 is 13.9 Å². The Bertz CT molecular complexity index is 679. The molecule has 110 valence electrons. The first-order valence-electron chi connectivity index (χ1n) is 6.75. The van der Waals surface area contributed by atoms with Gasteiger partial charge in [-0.1, -0.05) is 29.8 Å². The maximum atomic E-state index is 12.6. The smallest absolute Gasteiger partial charge is 0.220 e. The summed E-state index contributed by atoms with van der Waals surface area (Å²) >= 11 is 0. The summed E-state index contributed by atoms with van der Waals surface area (Å²) in [4.78, 5) is 12.6. The molecule has 0 fully saturated rings. The Balaban J connectivity index is 2.39. The SMILES string of the molecule is CO[PH](=O)c1ccc(C(=O)c2c(C)cc(C)cc2C)cc1. The third kappa shape index (κ3) is 3.31. The maximum absolute atomic E-state index is 12.6. The van der Waals surface area contributed by atoms with Crippen LogP contribution in [0.4, 0.5) is 0 Å². The zero-order chi connectivity index (χ0) is 15.6. The molecule has 4 heteroatoms. The van der Waals surface area contributed by atoms with Crippen molar-refractivity contribution >= 4 is 19.1 Å². The molecule has 0 saturated carbocycles. The zero-order valence-corrected chi connectivity index (χ0v) is 13.7. The van der Waals surface area contributed by atoms with Gasteiger partial charge in [0.25, 0.3) is 0 Å². The summed E-state index contributed by atoms with van der Waals surface area (Å²) < 4.78 is 16.4. The van der Waals surface area contributed by atoms with E-state index in [0.29, 0.717) is 10.9 Å². The van der Waals surface area contributed by atoms with Crippen LogP contribution in [-0.2, 0) is 9.09 Å². The van der Waals surface area contributed by atoms with Gasteiger partial charge >= 0.3 is 0 Å². The van der Waals surface area contributed by atoms with Crippen molar-refractivity contribution in [3.05, 3.63) is 64.2 Å². The summed E-state index contributed by atoms with van der Waals surface area (Å²) in [5.74, 6) is -0.00589. The maximum Gasteiger partial charge on any atom is 0.220 e. The van der Waals surface area contributed by atoms with Crippen LogP contribution in [-0.4, -0.2) is 12.9 Å². The van der Waals surface area contributed by atoms with Gasteiger partial charge in [-0.2, -0.15) is 0 Å². The van der Waals surface area contributed by atoms with Crippen molar-refractivity contribution in [2.75, 3.05) is 7.11 Å². The number of benzene rings is 2. The van der Waals surface area contributed by atoms with Gasteiger partial charge in [0.15, 0.2) is 5.78 Å². The fourth-order valence-electron chi connectivity index (χ4n) is 2.56. The summed E-state index contributed by atoms with van der Waals surface area (Å²) in [6.07, 6.45) is 0. The van der Waals surface area contributed by atoms with E-state index in [2.05, 4.69) is 0 Å². The van der Waals surface area contributed by atoms with E-state index in [4.69, 9.17) is 4.52 Å². The molecule has 0 heterocycles. The number of carbonyl (C=O) groups is 1. The highest BCUT2D eigenvalue weighted by Crippen LogP contribution is 2.22. The Morgan fingerprint density at radius 3 is 2.00 bits per heavy atom. The Hall–Kier alpha value is -1.70. The lowest BCUT2D eigenvalue weighted by Gasteiger charge is -2.10. The highest BCUT2D eigenvalue weighted by molar-refractivity contribution is 7.48. The minimum Gasteiger partial charge on any atom is -0.331 e. The normalized spacial score (nSPS) is 12.2. The van der Waals surface area contributed by atoms with E-state index in [0.717, 1.165) is 22.3 Å². The lowest BCUT2D eigenvalue weighted by molar-refractivity contribution is 0.103. The van der Waals surface area contributed by atoms with Gasteiger partial charge in [0.05, 0.1) is 0 Å². The van der Waals surface area contributed by atoms with Gasteiger partial charge < -0.3 is 4.52 Å². The molecule has 3 nitrogen and oxygen atoms in total.